The highest BCUT2D eigenvalue weighted by molar-refractivity contribution is 8.16. The van der Waals surface area contributed by atoms with Crippen molar-refractivity contribution in [2.75, 3.05) is 0 Å². The number of carbonyl (C=O) groups is 1. The molecule has 1 aliphatic rings. The molecule has 1 atom stereocenters. The smallest absolute Gasteiger partial charge is 0.259 e. The minimum absolute atomic E-state index is 0.374. The summed E-state index contributed by atoms with van der Waals surface area (Å²) in [6.45, 7) is 1.57. The lowest BCUT2D eigenvalue weighted by Gasteiger charge is -1.98. The van der Waals surface area contributed by atoms with E-state index in [-0.39, 0.29) is 5.91 Å². The minimum atomic E-state index is -1.15. The van der Waals surface area contributed by atoms with E-state index in [1.54, 1.807) is 6.92 Å². The van der Waals surface area contributed by atoms with E-state index >= 15 is 0 Å². The second-order valence-corrected chi connectivity index (χ2v) is 3.95. The molecule has 0 aromatic heterocycles. The lowest BCUT2D eigenvalue weighted by atomic mass is 10.2. The summed E-state index contributed by atoms with van der Waals surface area (Å²) in [7, 11) is 0. The second kappa shape index (κ2) is 3.34. The van der Waals surface area contributed by atoms with Gasteiger partial charge >= 0.3 is 0 Å². The standard InChI is InChI=1S/C10H9NOS/c1-7-9(12)11-10(13-7)8-5-3-2-4-6-8/h2-7H,1H3/i7D. The Morgan fingerprint density at radius 2 is 2.15 bits per heavy atom. The maximum Gasteiger partial charge on any atom is 0.259 e. The number of nitrogens with zero attached hydrogens (tertiary/aromatic N) is 1. The summed E-state index contributed by atoms with van der Waals surface area (Å²) in [5.41, 5.74) is 0.904. The molecular weight excluding hydrogens is 182 g/mol. The largest absolute Gasteiger partial charge is 0.271 e. The predicted molar refractivity (Wildman–Crippen MR) is 55.0 cm³/mol. The van der Waals surface area contributed by atoms with Gasteiger partial charge in [0, 0.05) is 5.56 Å². The summed E-state index contributed by atoms with van der Waals surface area (Å²) < 4.78 is 7.67. The number of thioether (sulfide) groups is 1. The molecule has 0 saturated heterocycles. The molecule has 1 heterocycles. The normalized spacial score (nSPS) is 28.5. The molecule has 0 fully saturated rings. The van der Waals surface area contributed by atoms with Gasteiger partial charge in [-0.25, -0.2) is 4.99 Å². The fourth-order valence-electron chi connectivity index (χ4n) is 1.09. The topological polar surface area (TPSA) is 29.4 Å². The van der Waals surface area contributed by atoms with E-state index in [1.807, 2.05) is 30.3 Å². The zero-order valence-electron chi connectivity index (χ0n) is 8.15. The van der Waals surface area contributed by atoms with E-state index in [1.165, 1.54) is 11.8 Å². The van der Waals surface area contributed by atoms with Gasteiger partial charge in [0.2, 0.25) is 0 Å². The van der Waals surface area contributed by atoms with Gasteiger partial charge in [-0.2, -0.15) is 0 Å². The van der Waals surface area contributed by atoms with Gasteiger partial charge in [0.05, 0.1) is 6.60 Å². The van der Waals surface area contributed by atoms with Crippen LogP contribution in [0.3, 0.4) is 0 Å². The summed E-state index contributed by atoms with van der Waals surface area (Å²) in [4.78, 5) is 15.1. The van der Waals surface area contributed by atoms with Crippen molar-refractivity contribution in [3.63, 3.8) is 0 Å². The van der Waals surface area contributed by atoms with Crippen LogP contribution in [0.15, 0.2) is 35.3 Å². The molecule has 1 aliphatic heterocycles. The van der Waals surface area contributed by atoms with Crippen molar-refractivity contribution in [3.8, 4) is 0 Å². The molecule has 1 unspecified atom stereocenters. The lowest BCUT2D eigenvalue weighted by Crippen LogP contribution is -2.02. The Kier molecular flexibility index (Phi) is 1.88. The number of hydrogen-bond acceptors (Lipinski definition) is 2. The first kappa shape index (κ1) is 7.33. The number of benzene rings is 1. The average Bonchev–Trinajstić information content (AvgIpc) is 2.43. The number of carbonyl (C=O) groups excluding carboxylic acids is 1. The molecule has 2 rings (SSSR count). The van der Waals surface area contributed by atoms with Crippen molar-refractivity contribution in [2.45, 2.75) is 12.1 Å². The minimum Gasteiger partial charge on any atom is -0.271 e. The van der Waals surface area contributed by atoms with E-state index in [2.05, 4.69) is 4.99 Å². The van der Waals surface area contributed by atoms with Gasteiger partial charge in [0.25, 0.3) is 5.91 Å². The van der Waals surface area contributed by atoms with Gasteiger partial charge in [-0.05, 0) is 6.92 Å². The first-order chi connectivity index (χ1) is 6.59. The molecule has 1 amide bonds. The van der Waals surface area contributed by atoms with Crippen molar-refractivity contribution in [1.82, 2.24) is 0 Å². The highest BCUT2D eigenvalue weighted by Gasteiger charge is 2.24. The molecule has 0 saturated carbocycles. The Labute approximate surface area is 82.5 Å². The van der Waals surface area contributed by atoms with Gasteiger partial charge in [-0.15, -0.1) is 0 Å². The maximum atomic E-state index is 11.3. The van der Waals surface area contributed by atoms with Crippen LogP contribution >= 0.6 is 11.8 Å². The van der Waals surface area contributed by atoms with E-state index in [0.29, 0.717) is 5.04 Å². The molecule has 0 aliphatic carbocycles. The summed E-state index contributed by atoms with van der Waals surface area (Å²) in [6, 6.07) is 9.47. The van der Waals surface area contributed by atoms with Crippen LogP contribution in [-0.4, -0.2) is 16.2 Å². The van der Waals surface area contributed by atoms with Crippen molar-refractivity contribution in [1.29, 1.82) is 0 Å². The average molecular weight is 192 g/mol. The van der Waals surface area contributed by atoms with Gasteiger partial charge in [0.1, 0.15) is 5.04 Å². The summed E-state index contributed by atoms with van der Waals surface area (Å²) in [6.07, 6.45) is 0. The molecule has 0 bridgehead atoms. The van der Waals surface area contributed by atoms with Gasteiger partial charge in [-0.1, -0.05) is 42.1 Å². The zero-order chi connectivity index (χ0) is 10.2. The molecule has 0 spiro atoms. The Bertz CT molecular complexity index is 400. The van der Waals surface area contributed by atoms with Crippen LogP contribution in [-0.2, 0) is 4.79 Å². The maximum absolute atomic E-state index is 11.3. The molecule has 1 aromatic carbocycles. The molecular formula is C10H9NOS. The van der Waals surface area contributed by atoms with Crippen molar-refractivity contribution < 1.29 is 6.17 Å². The number of aliphatic imine (C=N–C) groups is 1. The van der Waals surface area contributed by atoms with Crippen LogP contribution in [0.2, 0.25) is 0 Å². The number of hydrogen-bond donors (Lipinski definition) is 0. The fourth-order valence-corrected chi connectivity index (χ4v) is 1.89. The molecule has 1 aromatic rings. The van der Waals surface area contributed by atoms with Crippen LogP contribution in [0.5, 0.6) is 0 Å². The monoisotopic (exact) mass is 192 g/mol. The highest BCUT2D eigenvalue weighted by Crippen LogP contribution is 2.25. The van der Waals surface area contributed by atoms with Gasteiger partial charge < -0.3 is 0 Å². The molecule has 3 heteroatoms. The Balaban J connectivity index is 2.33. The van der Waals surface area contributed by atoms with Gasteiger partial charge in [-0.3, -0.25) is 4.79 Å². The van der Waals surface area contributed by atoms with Crippen LogP contribution in [0.4, 0.5) is 0 Å². The van der Waals surface area contributed by atoms with E-state index in [4.69, 9.17) is 1.37 Å². The Morgan fingerprint density at radius 3 is 2.69 bits per heavy atom. The molecule has 2 nitrogen and oxygen atoms in total. The number of rotatable bonds is 1. The quantitative estimate of drug-likeness (QED) is 0.682. The van der Waals surface area contributed by atoms with E-state index in [9.17, 15) is 4.79 Å². The van der Waals surface area contributed by atoms with Crippen molar-refractivity contribution in [3.05, 3.63) is 35.9 Å². The second-order valence-electron chi connectivity index (χ2n) is 2.75. The molecule has 13 heavy (non-hydrogen) atoms. The predicted octanol–water partition coefficient (Wildman–Crippen LogP) is 2.10. The number of amides is 1. The van der Waals surface area contributed by atoms with E-state index < -0.39 is 5.23 Å². The SMILES string of the molecule is [2H]C1(C)SC(c2ccccc2)=NC1=O. The van der Waals surface area contributed by atoms with Crippen LogP contribution in [0, 0.1) is 0 Å². The van der Waals surface area contributed by atoms with Crippen molar-refractivity contribution in [2.24, 2.45) is 4.99 Å². The zero-order valence-corrected chi connectivity index (χ0v) is 7.97. The fraction of sp³-hybridized carbons (Fsp3) is 0.200. The molecule has 0 radical (unpaired) electrons. The first-order valence-electron chi connectivity index (χ1n) is 4.47. The van der Waals surface area contributed by atoms with E-state index in [0.717, 1.165) is 5.56 Å². The lowest BCUT2D eigenvalue weighted by molar-refractivity contribution is -0.116. The third-order valence-electron chi connectivity index (χ3n) is 1.77. The summed E-state index contributed by atoms with van der Waals surface area (Å²) in [5.74, 6) is -0.374. The Morgan fingerprint density at radius 1 is 1.46 bits per heavy atom. The first-order valence-corrected chi connectivity index (χ1v) is 4.79. The highest BCUT2D eigenvalue weighted by atomic mass is 32.2. The van der Waals surface area contributed by atoms with Crippen molar-refractivity contribution >= 4 is 22.7 Å². The summed E-state index contributed by atoms with van der Waals surface area (Å²) >= 11 is 1.20. The van der Waals surface area contributed by atoms with Gasteiger partial charge in [0.15, 0.2) is 0 Å². The molecule has 66 valence electrons. The third kappa shape index (κ3) is 1.65. The van der Waals surface area contributed by atoms with Crippen LogP contribution in [0.25, 0.3) is 0 Å². The Hall–Kier alpha value is -1.09. The van der Waals surface area contributed by atoms with Crippen LogP contribution < -0.4 is 0 Å². The molecule has 0 N–H and O–H groups in total. The van der Waals surface area contributed by atoms with Crippen LogP contribution in [0.1, 0.15) is 13.9 Å². The third-order valence-corrected chi connectivity index (χ3v) is 2.78. The summed E-state index contributed by atoms with van der Waals surface area (Å²) in [5, 5.41) is -0.501.